The van der Waals surface area contributed by atoms with E-state index in [2.05, 4.69) is 15.8 Å². The number of hydrogen-bond donors (Lipinski definition) is 2. The van der Waals surface area contributed by atoms with Gasteiger partial charge < -0.3 is 4.74 Å². The Labute approximate surface area is 161 Å². The number of halogens is 4. The molecule has 0 bridgehead atoms. The highest BCUT2D eigenvalue weighted by atomic mass is 32.1. The highest BCUT2D eigenvalue weighted by molar-refractivity contribution is 7.17. The number of amides is 1. The summed E-state index contributed by atoms with van der Waals surface area (Å²) in [6.45, 7) is 0. The van der Waals surface area contributed by atoms with Crippen LogP contribution < -0.4 is 15.6 Å². The molecule has 1 aromatic carbocycles. The largest absolute Gasteiger partial charge is 0.479 e. The average molecular weight is 411 g/mol. The molecule has 0 aliphatic carbocycles. The van der Waals surface area contributed by atoms with Gasteiger partial charge in [-0.05, 0) is 29.8 Å². The van der Waals surface area contributed by atoms with Gasteiger partial charge in [-0.15, -0.1) is 11.3 Å². The summed E-state index contributed by atoms with van der Waals surface area (Å²) < 4.78 is 56.2. The van der Waals surface area contributed by atoms with Crippen molar-refractivity contribution in [3.05, 3.63) is 64.9 Å². The van der Waals surface area contributed by atoms with Crippen LogP contribution in [0, 0.1) is 5.82 Å². The lowest BCUT2D eigenvalue weighted by molar-refractivity contribution is -0.137. The molecule has 0 saturated heterocycles. The topological polar surface area (TPSA) is 63.2 Å². The first-order valence-electron chi connectivity index (χ1n) is 7.81. The maximum atomic E-state index is 13.6. The molecular formula is C18H13F4N3O2S. The van der Waals surface area contributed by atoms with Crippen LogP contribution in [0.3, 0.4) is 0 Å². The second-order valence-electron chi connectivity index (χ2n) is 5.53. The summed E-state index contributed by atoms with van der Waals surface area (Å²) in [6, 6.07) is 8.95. The minimum atomic E-state index is -4.40. The summed E-state index contributed by atoms with van der Waals surface area (Å²) in [5, 5.41) is 0. The van der Waals surface area contributed by atoms with Crippen LogP contribution in [0.1, 0.15) is 15.2 Å². The minimum Gasteiger partial charge on any atom is -0.479 e. The highest BCUT2D eigenvalue weighted by Crippen LogP contribution is 2.33. The number of thiophene rings is 1. The monoisotopic (exact) mass is 411 g/mol. The van der Waals surface area contributed by atoms with Gasteiger partial charge in [-0.3, -0.25) is 15.6 Å². The van der Waals surface area contributed by atoms with Gasteiger partial charge in [0.05, 0.1) is 29.4 Å². The third-order valence-corrected chi connectivity index (χ3v) is 4.78. The number of benzene rings is 1. The normalized spacial score (nSPS) is 11.2. The van der Waals surface area contributed by atoms with Gasteiger partial charge in [-0.1, -0.05) is 12.1 Å². The summed E-state index contributed by atoms with van der Waals surface area (Å²) in [6.07, 6.45) is -3.12. The fourth-order valence-corrected chi connectivity index (χ4v) is 3.18. The lowest BCUT2D eigenvalue weighted by Crippen LogP contribution is -2.28. The smallest absolute Gasteiger partial charge is 0.416 e. The van der Waals surface area contributed by atoms with Crippen molar-refractivity contribution in [2.75, 3.05) is 12.5 Å². The van der Waals surface area contributed by atoms with Crippen molar-refractivity contribution in [3.8, 4) is 16.3 Å². The summed E-state index contributed by atoms with van der Waals surface area (Å²) in [5.41, 5.74) is 4.97. The van der Waals surface area contributed by atoms with Crippen molar-refractivity contribution in [1.82, 2.24) is 10.4 Å². The van der Waals surface area contributed by atoms with Gasteiger partial charge in [-0.25, -0.2) is 9.37 Å². The van der Waals surface area contributed by atoms with Gasteiger partial charge in [0.15, 0.2) is 5.82 Å². The van der Waals surface area contributed by atoms with Gasteiger partial charge in [0.25, 0.3) is 5.91 Å². The number of anilines is 1. The molecule has 2 heterocycles. The molecule has 0 spiro atoms. The molecule has 0 unspecified atom stereocenters. The van der Waals surface area contributed by atoms with Gasteiger partial charge in [0, 0.05) is 10.9 Å². The van der Waals surface area contributed by atoms with Gasteiger partial charge >= 0.3 is 6.18 Å². The van der Waals surface area contributed by atoms with Crippen molar-refractivity contribution in [3.63, 3.8) is 0 Å². The average Bonchev–Trinajstić information content (AvgIpc) is 3.16. The number of ether oxygens (including phenoxy) is 1. The van der Waals surface area contributed by atoms with E-state index in [9.17, 15) is 22.4 Å². The Morgan fingerprint density at radius 1 is 1.14 bits per heavy atom. The van der Waals surface area contributed by atoms with Crippen molar-refractivity contribution >= 4 is 22.9 Å². The van der Waals surface area contributed by atoms with E-state index in [1.54, 1.807) is 12.1 Å². The number of alkyl halides is 3. The van der Waals surface area contributed by atoms with Crippen molar-refractivity contribution in [2.24, 2.45) is 0 Å². The first kappa shape index (κ1) is 19.6. The van der Waals surface area contributed by atoms with E-state index in [1.807, 2.05) is 0 Å². The number of aromatic nitrogens is 1. The standard InChI is InChI=1S/C18H13F4N3O2S/c1-27-17-13(19)8-12(9-23-17)24-25-16(26)15-7-6-14(28-15)10-2-4-11(5-3-10)18(20,21)22/h2-9,24H,1H3,(H,25,26). The summed E-state index contributed by atoms with van der Waals surface area (Å²) in [7, 11) is 1.28. The van der Waals surface area contributed by atoms with E-state index in [1.165, 1.54) is 25.4 Å². The molecule has 2 N–H and O–H groups in total. The van der Waals surface area contributed by atoms with E-state index in [0.717, 1.165) is 29.5 Å². The van der Waals surface area contributed by atoms with Crippen LogP contribution in [0.25, 0.3) is 10.4 Å². The van der Waals surface area contributed by atoms with E-state index >= 15 is 0 Å². The molecule has 2 aromatic heterocycles. The minimum absolute atomic E-state index is 0.170. The lowest BCUT2D eigenvalue weighted by atomic mass is 10.1. The van der Waals surface area contributed by atoms with E-state index in [-0.39, 0.29) is 11.6 Å². The summed E-state index contributed by atoms with van der Waals surface area (Å²) >= 11 is 1.11. The van der Waals surface area contributed by atoms with Crippen molar-refractivity contribution in [1.29, 1.82) is 0 Å². The Morgan fingerprint density at radius 3 is 2.46 bits per heavy atom. The zero-order valence-electron chi connectivity index (χ0n) is 14.3. The number of nitrogens with one attached hydrogen (secondary N) is 2. The molecule has 10 heteroatoms. The van der Waals surface area contributed by atoms with Crippen LogP contribution >= 0.6 is 11.3 Å². The highest BCUT2D eigenvalue weighted by Gasteiger charge is 2.30. The number of hydrogen-bond acceptors (Lipinski definition) is 5. The molecule has 28 heavy (non-hydrogen) atoms. The predicted octanol–water partition coefficient (Wildman–Crippen LogP) is 4.73. The maximum absolute atomic E-state index is 13.6. The Balaban J connectivity index is 1.66. The Bertz CT molecular complexity index is 987. The second kappa shape index (κ2) is 7.85. The molecule has 0 aliphatic heterocycles. The van der Waals surface area contributed by atoms with E-state index in [4.69, 9.17) is 4.74 Å². The molecule has 0 atom stereocenters. The molecule has 146 valence electrons. The van der Waals surface area contributed by atoms with Crippen molar-refractivity contribution < 1.29 is 27.1 Å². The van der Waals surface area contributed by atoms with Gasteiger partial charge in [0.1, 0.15) is 0 Å². The molecule has 5 nitrogen and oxygen atoms in total. The fourth-order valence-electron chi connectivity index (χ4n) is 2.27. The summed E-state index contributed by atoms with van der Waals surface area (Å²) in [5.74, 6) is -1.35. The zero-order valence-corrected chi connectivity index (χ0v) is 15.1. The van der Waals surface area contributed by atoms with Crippen molar-refractivity contribution in [2.45, 2.75) is 6.18 Å². The Kier molecular flexibility index (Phi) is 5.50. The number of rotatable bonds is 5. The molecule has 0 fully saturated rings. The predicted molar refractivity (Wildman–Crippen MR) is 96.6 cm³/mol. The Hall–Kier alpha value is -3.14. The Morgan fingerprint density at radius 2 is 1.86 bits per heavy atom. The van der Waals surface area contributed by atoms with Gasteiger partial charge in [-0.2, -0.15) is 13.2 Å². The number of nitrogens with zero attached hydrogens (tertiary/aromatic N) is 1. The molecule has 1 amide bonds. The van der Waals surface area contributed by atoms with E-state index in [0.29, 0.717) is 15.3 Å². The third kappa shape index (κ3) is 4.39. The maximum Gasteiger partial charge on any atom is 0.416 e. The number of methoxy groups -OCH3 is 1. The number of carbonyl (C=O) groups is 1. The quantitative estimate of drug-likeness (QED) is 0.471. The van der Waals surface area contributed by atoms with Crippen LogP contribution in [0.5, 0.6) is 5.88 Å². The SMILES string of the molecule is COc1ncc(NNC(=O)c2ccc(-c3ccc(C(F)(F)F)cc3)s2)cc1F. The van der Waals surface area contributed by atoms with Crippen LogP contribution in [-0.2, 0) is 6.18 Å². The first-order chi connectivity index (χ1) is 13.3. The first-order valence-corrected chi connectivity index (χ1v) is 8.63. The lowest BCUT2D eigenvalue weighted by Gasteiger charge is -2.08. The summed E-state index contributed by atoms with van der Waals surface area (Å²) in [4.78, 5) is 16.9. The fraction of sp³-hybridized carbons (Fsp3) is 0.111. The number of carbonyl (C=O) groups excluding carboxylic acids is 1. The number of pyridine rings is 1. The third-order valence-electron chi connectivity index (χ3n) is 3.65. The molecule has 0 aliphatic rings. The molecule has 0 radical (unpaired) electrons. The van der Waals surface area contributed by atoms with E-state index < -0.39 is 23.5 Å². The molecular weight excluding hydrogens is 398 g/mol. The molecule has 0 saturated carbocycles. The number of hydrazine groups is 1. The van der Waals surface area contributed by atoms with Crippen LogP contribution in [-0.4, -0.2) is 18.0 Å². The van der Waals surface area contributed by atoms with Crippen LogP contribution in [0.15, 0.2) is 48.7 Å². The molecule has 3 rings (SSSR count). The van der Waals surface area contributed by atoms with Crippen LogP contribution in [0.2, 0.25) is 0 Å². The molecule has 3 aromatic rings. The zero-order chi connectivity index (χ0) is 20.3. The van der Waals surface area contributed by atoms with Crippen LogP contribution in [0.4, 0.5) is 23.2 Å². The second-order valence-corrected chi connectivity index (χ2v) is 6.62. The van der Waals surface area contributed by atoms with Gasteiger partial charge in [0.2, 0.25) is 5.88 Å².